The first-order valence-corrected chi connectivity index (χ1v) is 7.87. The van der Waals surface area contributed by atoms with Crippen LogP contribution in [-0.4, -0.2) is 38.9 Å². The van der Waals surface area contributed by atoms with Crippen LogP contribution in [-0.2, 0) is 19.6 Å². The van der Waals surface area contributed by atoms with Crippen LogP contribution in [0.1, 0.15) is 13.3 Å². The highest BCUT2D eigenvalue weighted by molar-refractivity contribution is 7.91. The molecule has 1 aromatic rings. The van der Waals surface area contributed by atoms with E-state index in [1.165, 1.54) is 19.2 Å². The van der Waals surface area contributed by atoms with Gasteiger partial charge in [0.1, 0.15) is 10.8 Å². The van der Waals surface area contributed by atoms with Crippen molar-refractivity contribution in [3.8, 4) is 0 Å². The smallest absolute Gasteiger partial charge is 0.321 e. The van der Waals surface area contributed by atoms with Gasteiger partial charge in [-0.15, -0.1) is 11.3 Å². The summed E-state index contributed by atoms with van der Waals surface area (Å²) < 4.78 is 30.6. The van der Waals surface area contributed by atoms with Crippen molar-refractivity contribution >= 4 is 38.9 Å². The number of carbonyl (C=O) groups excluding carboxylic acids is 1. The standard InChI is InChI=1S/C10H14ClNO4S2/c1-3-6-12(7-9(13)16-2)18(14,15)10-5-4-8(11)17-10/h4-5H,3,6-7H2,1-2H3. The number of carbonyl (C=O) groups is 1. The van der Waals surface area contributed by atoms with Crippen LogP contribution < -0.4 is 0 Å². The maximum absolute atomic E-state index is 12.3. The first-order valence-electron chi connectivity index (χ1n) is 5.24. The Bertz CT molecular complexity index is 512. The van der Waals surface area contributed by atoms with E-state index in [2.05, 4.69) is 4.74 Å². The molecule has 0 bridgehead atoms. The number of methoxy groups -OCH3 is 1. The van der Waals surface area contributed by atoms with Crippen molar-refractivity contribution < 1.29 is 17.9 Å². The van der Waals surface area contributed by atoms with Crippen LogP contribution in [0.15, 0.2) is 16.3 Å². The lowest BCUT2D eigenvalue weighted by Crippen LogP contribution is -2.36. The van der Waals surface area contributed by atoms with Crippen LogP contribution in [0.25, 0.3) is 0 Å². The van der Waals surface area contributed by atoms with E-state index in [1.54, 1.807) is 0 Å². The number of hydrogen-bond donors (Lipinski definition) is 0. The molecule has 0 aliphatic carbocycles. The zero-order valence-corrected chi connectivity index (χ0v) is 12.4. The van der Waals surface area contributed by atoms with Gasteiger partial charge >= 0.3 is 5.97 Å². The van der Waals surface area contributed by atoms with E-state index in [9.17, 15) is 13.2 Å². The topological polar surface area (TPSA) is 63.7 Å². The molecule has 0 spiro atoms. The minimum absolute atomic E-state index is 0.129. The Balaban J connectivity index is 3.00. The third kappa shape index (κ3) is 3.68. The van der Waals surface area contributed by atoms with E-state index in [1.807, 2.05) is 6.92 Å². The normalized spacial score (nSPS) is 11.8. The van der Waals surface area contributed by atoms with E-state index in [4.69, 9.17) is 11.6 Å². The van der Waals surface area contributed by atoms with Gasteiger partial charge in [0.05, 0.1) is 11.4 Å². The van der Waals surface area contributed by atoms with Gasteiger partial charge in [-0.1, -0.05) is 18.5 Å². The Kier molecular flexibility index (Phi) is 5.58. The molecule has 0 saturated heterocycles. The molecular formula is C10H14ClNO4S2. The minimum atomic E-state index is -3.68. The van der Waals surface area contributed by atoms with E-state index >= 15 is 0 Å². The number of nitrogens with zero attached hydrogens (tertiary/aromatic N) is 1. The summed E-state index contributed by atoms with van der Waals surface area (Å²) in [6, 6.07) is 2.95. The van der Waals surface area contributed by atoms with Gasteiger partial charge in [0.15, 0.2) is 0 Å². The predicted molar refractivity (Wildman–Crippen MR) is 70.4 cm³/mol. The molecule has 5 nitrogen and oxygen atoms in total. The van der Waals surface area contributed by atoms with Gasteiger partial charge in [0.2, 0.25) is 0 Å². The summed E-state index contributed by atoms with van der Waals surface area (Å²) in [7, 11) is -2.46. The molecule has 0 N–H and O–H groups in total. The Morgan fingerprint density at radius 2 is 2.17 bits per heavy atom. The monoisotopic (exact) mass is 311 g/mol. The summed E-state index contributed by atoms with van der Waals surface area (Å²) in [6.07, 6.45) is 0.606. The summed E-state index contributed by atoms with van der Waals surface area (Å²) in [6.45, 7) is 1.80. The maximum Gasteiger partial charge on any atom is 0.321 e. The van der Waals surface area contributed by atoms with Crippen molar-refractivity contribution in [1.82, 2.24) is 4.31 Å². The third-order valence-corrected chi connectivity index (χ3v) is 5.69. The van der Waals surface area contributed by atoms with Crippen LogP contribution in [0, 0.1) is 0 Å². The highest BCUT2D eigenvalue weighted by Gasteiger charge is 2.27. The highest BCUT2D eigenvalue weighted by Crippen LogP contribution is 2.28. The SMILES string of the molecule is CCCN(CC(=O)OC)S(=O)(=O)c1ccc(Cl)s1. The molecule has 8 heteroatoms. The Morgan fingerprint density at radius 3 is 2.61 bits per heavy atom. The van der Waals surface area contributed by atoms with Crippen molar-refractivity contribution in [3.63, 3.8) is 0 Å². The van der Waals surface area contributed by atoms with E-state index in [-0.39, 0.29) is 17.3 Å². The van der Waals surface area contributed by atoms with Gasteiger partial charge in [0, 0.05) is 6.54 Å². The number of halogens is 1. The Labute approximate surface area is 115 Å². The van der Waals surface area contributed by atoms with Crippen LogP contribution in [0.4, 0.5) is 0 Å². The summed E-state index contributed by atoms with van der Waals surface area (Å²) in [4.78, 5) is 11.2. The van der Waals surface area contributed by atoms with Gasteiger partial charge in [-0.3, -0.25) is 4.79 Å². The fourth-order valence-corrected chi connectivity index (χ4v) is 4.42. The van der Waals surface area contributed by atoms with E-state index < -0.39 is 16.0 Å². The summed E-state index contributed by atoms with van der Waals surface area (Å²) in [5.41, 5.74) is 0. The Hall–Kier alpha value is -0.630. The summed E-state index contributed by atoms with van der Waals surface area (Å²) in [5.74, 6) is -0.588. The quantitative estimate of drug-likeness (QED) is 0.754. The molecule has 102 valence electrons. The van der Waals surface area contributed by atoms with Crippen LogP contribution in [0.3, 0.4) is 0 Å². The molecule has 18 heavy (non-hydrogen) atoms. The molecule has 0 aromatic carbocycles. The molecule has 0 aliphatic rings. The number of esters is 1. The molecule has 0 aliphatic heterocycles. The van der Waals surface area contributed by atoms with Crippen molar-refractivity contribution in [2.75, 3.05) is 20.2 Å². The molecule has 0 atom stereocenters. The first-order chi connectivity index (χ1) is 8.41. The number of rotatable bonds is 6. The molecule has 1 heterocycles. The molecule has 0 unspecified atom stereocenters. The molecular weight excluding hydrogens is 298 g/mol. The number of hydrogen-bond acceptors (Lipinski definition) is 5. The fraction of sp³-hybridized carbons (Fsp3) is 0.500. The number of sulfonamides is 1. The lowest BCUT2D eigenvalue weighted by atomic mass is 10.5. The van der Waals surface area contributed by atoms with Crippen molar-refractivity contribution in [3.05, 3.63) is 16.5 Å². The van der Waals surface area contributed by atoms with Gasteiger partial charge in [-0.05, 0) is 18.6 Å². The molecule has 1 aromatic heterocycles. The zero-order chi connectivity index (χ0) is 13.8. The lowest BCUT2D eigenvalue weighted by molar-refractivity contribution is -0.140. The van der Waals surface area contributed by atoms with Crippen LogP contribution in [0.2, 0.25) is 4.34 Å². The predicted octanol–water partition coefficient (Wildman–Crippen LogP) is 1.98. The molecule has 0 radical (unpaired) electrons. The average Bonchev–Trinajstić information content (AvgIpc) is 2.75. The highest BCUT2D eigenvalue weighted by atomic mass is 35.5. The molecule has 0 fully saturated rings. The molecule has 0 amide bonds. The summed E-state index contributed by atoms with van der Waals surface area (Å²) >= 11 is 6.69. The van der Waals surface area contributed by atoms with Gasteiger partial charge in [-0.25, -0.2) is 8.42 Å². The van der Waals surface area contributed by atoms with Crippen LogP contribution >= 0.6 is 22.9 Å². The third-order valence-electron chi connectivity index (χ3n) is 2.15. The first kappa shape index (κ1) is 15.4. The fourth-order valence-electron chi connectivity index (χ4n) is 1.31. The maximum atomic E-state index is 12.3. The van der Waals surface area contributed by atoms with Crippen molar-refractivity contribution in [1.29, 1.82) is 0 Å². The largest absolute Gasteiger partial charge is 0.468 e. The zero-order valence-electron chi connectivity index (χ0n) is 10.1. The van der Waals surface area contributed by atoms with Crippen molar-refractivity contribution in [2.24, 2.45) is 0 Å². The number of ether oxygens (including phenoxy) is 1. The lowest BCUT2D eigenvalue weighted by Gasteiger charge is -2.19. The van der Waals surface area contributed by atoms with Gasteiger partial charge < -0.3 is 4.74 Å². The second kappa shape index (κ2) is 6.51. The van der Waals surface area contributed by atoms with E-state index in [0.29, 0.717) is 10.8 Å². The number of thiophene rings is 1. The second-order valence-corrected chi connectivity index (χ2v) is 7.35. The summed E-state index contributed by atoms with van der Waals surface area (Å²) in [5, 5.41) is 0. The minimum Gasteiger partial charge on any atom is -0.468 e. The molecule has 0 saturated carbocycles. The van der Waals surface area contributed by atoms with Gasteiger partial charge in [-0.2, -0.15) is 4.31 Å². The van der Waals surface area contributed by atoms with Crippen molar-refractivity contribution in [2.45, 2.75) is 17.6 Å². The average molecular weight is 312 g/mol. The van der Waals surface area contributed by atoms with E-state index in [0.717, 1.165) is 15.6 Å². The molecule has 1 rings (SSSR count). The van der Waals surface area contributed by atoms with Gasteiger partial charge in [0.25, 0.3) is 10.0 Å². The second-order valence-electron chi connectivity index (χ2n) is 3.47. The van der Waals surface area contributed by atoms with Crippen LogP contribution in [0.5, 0.6) is 0 Å². The Morgan fingerprint density at radius 1 is 1.50 bits per heavy atom.